The summed E-state index contributed by atoms with van der Waals surface area (Å²) in [6.45, 7) is 13.4. The fraction of sp³-hybridized carbons (Fsp3) is 0.889. The molecule has 0 aromatic rings. The Hall–Kier alpha value is -1.26. The number of carbonyl (C=O) groups is 2. The minimum absolute atomic E-state index is 0.202. The Balaban J connectivity index is 4.45. The molecule has 1 amide bonds. The average Bonchev–Trinajstić information content (AvgIpc) is 2.33. The molecule has 23 heavy (non-hydrogen) atoms. The maximum Gasteiger partial charge on any atom is 0.408 e. The van der Waals surface area contributed by atoms with Gasteiger partial charge < -0.3 is 14.8 Å². The van der Waals surface area contributed by atoms with Crippen LogP contribution in [0, 0.1) is 5.92 Å². The molecule has 0 aliphatic heterocycles. The Morgan fingerprint density at radius 2 is 1.52 bits per heavy atom. The van der Waals surface area contributed by atoms with Crippen molar-refractivity contribution in [2.45, 2.75) is 98.3 Å². The fourth-order valence-corrected chi connectivity index (χ4v) is 2.09. The molecule has 0 radical (unpaired) electrons. The third kappa shape index (κ3) is 12.9. The van der Waals surface area contributed by atoms with Gasteiger partial charge in [0, 0.05) is 0 Å². The predicted molar refractivity (Wildman–Crippen MR) is 92.3 cm³/mol. The van der Waals surface area contributed by atoms with E-state index >= 15 is 0 Å². The number of esters is 1. The van der Waals surface area contributed by atoms with Gasteiger partial charge >= 0.3 is 12.1 Å². The van der Waals surface area contributed by atoms with Gasteiger partial charge in [0.2, 0.25) is 0 Å². The third-order valence-electron chi connectivity index (χ3n) is 3.10. The summed E-state index contributed by atoms with van der Waals surface area (Å²) in [5.74, 6) is 0.298. The molecule has 0 aliphatic carbocycles. The average molecular weight is 329 g/mol. The molecule has 0 heterocycles. The summed E-state index contributed by atoms with van der Waals surface area (Å²) in [5, 5.41) is 2.64. The molecule has 136 valence electrons. The van der Waals surface area contributed by atoms with Crippen LogP contribution in [0.3, 0.4) is 0 Å². The summed E-state index contributed by atoms with van der Waals surface area (Å²) >= 11 is 0. The maximum atomic E-state index is 12.1. The van der Waals surface area contributed by atoms with Gasteiger partial charge in [-0.15, -0.1) is 0 Å². The van der Waals surface area contributed by atoms with Crippen molar-refractivity contribution in [1.82, 2.24) is 5.32 Å². The molecule has 0 saturated carbocycles. The Labute approximate surface area is 141 Å². The first-order valence-electron chi connectivity index (χ1n) is 8.71. The lowest BCUT2D eigenvalue weighted by atomic mass is 10.0. The molecule has 0 aromatic carbocycles. The molecule has 1 N–H and O–H groups in total. The Morgan fingerprint density at radius 3 is 2.00 bits per heavy atom. The molecule has 5 nitrogen and oxygen atoms in total. The molecular formula is C18H35NO4. The fourth-order valence-electron chi connectivity index (χ4n) is 2.09. The highest BCUT2D eigenvalue weighted by Gasteiger charge is 2.25. The molecule has 0 aliphatic rings. The van der Waals surface area contributed by atoms with Crippen LogP contribution in [0.5, 0.6) is 0 Å². The lowest BCUT2D eigenvalue weighted by Crippen LogP contribution is -2.44. The van der Waals surface area contributed by atoms with Crippen LogP contribution in [0.1, 0.15) is 80.6 Å². The van der Waals surface area contributed by atoms with Gasteiger partial charge in [-0.3, -0.25) is 0 Å². The van der Waals surface area contributed by atoms with Crippen LogP contribution in [0.25, 0.3) is 0 Å². The lowest BCUT2D eigenvalue weighted by Gasteiger charge is -2.23. The van der Waals surface area contributed by atoms with Crippen LogP contribution in [-0.4, -0.2) is 29.8 Å². The first-order valence-corrected chi connectivity index (χ1v) is 8.71. The van der Waals surface area contributed by atoms with Gasteiger partial charge in [-0.25, -0.2) is 9.59 Å². The highest BCUT2D eigenvalue weighted by molar-refractivity contribution is 5.81. The molecule has 0 bridgehead atoms. The van der Waals surface area contributed by atoms with Crippen molar-refractivity contribution in [3.05, 3.63) is 0 Å². The van der Waals surface area contributed by atoms with E-state index in [1.807, 2.05) is 0 Å². The van der Waals surface area contributed by atoms with Crippen molar-refractivity contribution in [3.8, 4) is 0 Å². The van der Waals surface area contributed by atoms with Crippen LogP contribution in [0.15, 0.2) is 0 Å². The maximum absolute atomic E-state index is 12.1. The van der Waals surface area contributed by atoms with Crippen molar-refractivity contribution in [1.29, 1.82) is 0 Å². The molecule has 0 saturated heterocycles. The second kappa shape index (κ2) is 10.5. The number of carbonyl (C=O) groups excluding carboxylic acids is 2. The van der Waals surface area contributed by atoms with Crippen LogP contribution < -0.4 is 5.32 Å². The van der Waals surface area contributed by atoms with Crippen molar-refractivity contribution >= 4 is 12.1 Å². The molecule has 0 aromatic heterocycles. The van der Waals surface area contributed by atoms with Gasteiger partial charge in [0.1, 0.15) is 11.6 Å². The number of hydrogen-bond acceptors (Lipinski definition) is 4. The number of alkyl carbamates (subject to hydrolysis) is 1. The molecule has 0 fully saturated rings. The van der Waals surface area contributed by atoms with E-state index in [1.54, 1.807) is 34.6 Å². The number of unbranched alkanes of at least 4 members (excludes halogenated alkanes) is 2. The van der Waals surface area contributed by atoms with Crippen LogP contribution in [0.2, 0.25) is 0 Å². The zero-order valence-corrected chi connectivity index (χ0v) is 15.9. The first-order chi connectivity index (χ1) is 10.5. The SMILES string of the molecule is CC(C)CCCCC[C@H](NC(=O)OC(C)(C)C)C(=O)OC(C)C. The standard InChI is InChI=1S/C18H35NO4/c1-13(2)11-9-8-10-12-15(16(20)22-14(3)4)19-17(21)23-18(5,6)7/h13-15H,8-12H2,1-7H3,(H,19,21)/t15-/m0/s1. The number of rotatable bonds is 9. The molecule has 0 rings (SSSR count). The third-order valence-corrected chi connectivity index (χ3v) is 3.10. The summed E-state index contributed by atoms with van der Waals surface area (Å²) in [5.41, 5.74) is -0.589. The quantitative estimate of drug-likeness (QED) is 0.502. The van der Waals surface area contributed by atoms with Gasteiger partial charge in [-0.2, -0.15) is 0 Å². The number of nitrogens with one attached hydrogen (secondary N) is 1. The van der Waals surface area contributed by atoms with Gasteiger partial charge in [0.05, 0.1) is 6.10 Å². The van der Waals surface area contributed by atoms with E-state index in [0.29, 0.717) is 12.3 Å². The highest BCUT2D eigenvalue weighted by Crippen LogP contribution is 2.13. The predicted octanol–water partition coefficient (Wildman–Crippen LogP) is 4.44. The Kier molecular flexibility index (Phi) is 9.93. The summed E-state index contributed by atoms with van der Waals surface area (Å²) in [6.07, 6.45) is 4.02. The Bertz CT molecular complexity index is 359. The van der Waals surface area contributed by atoms with E-state index in [0.717, 1.165) is 19.3 Å². The van der Waals surface area contributed by atoms with Crippen LogP contribution in [-0.2, 0) is 14.3 Å². The summed E-state index contributed by atoms with van der Waals surface area (Å²) in [6, 6.07) is -0.647. The lowest BCUT2D eigenvalue weighted by molar-refractivity contribution is -0.150. The van der Waals surface area contributed by atoms with E-state index in [9.17, 15) is 9.59 Å². The van der Waals surface area contributed by atoms with Crippen molar-refractivity contribution < 1.29 is 19.1 Å². The van der Waals surface area contributed by atoms with Crippen LogP contribution in [0.4, 0.5) is 4.79 Å². The largest absolute Gasteiger partial charge is 0.461 e. The van der Waals surface area contributed by atoms with E-state index in [4.69, 9.17) is 9.47 Å². The Morgan fingerprint density at radius 1 is 0.957 bits per heavy atom. The number of ether oxygens (including phenoxy) is 2. The molecule has 1 atom stereocenters. The van der Waals surface area contributed by atoms with Gasteiger partial charge in [-0.05, 0) is 47.0 Å². The van der Waals surface area contributed by atoms with Gasteiger partial charge in [0.25, 0.3) is 0 Å². The zero-order chi connectivity index (χ0) is 18.0. The van der Waals surface area contributed by atoms with Crippen molar-refractivity contribution in [2.24, 2.45) is 5.92 Å². The monoisotopic (exact) mass is 329 g/mol. The number of hydrogen-bond donors (Lipinski definition) is 1. The van der Waals surface area contributed by atoms with E-state index < -0.39 is 23.7 Å². The van der Waals surface area contributed by atoms with E-state index in [2.05, 4.69) is 19.2 Å². The number of amides is 1. The summed E-state index contributed by atoms with van der Waals surface area (Å²) in [7, 11) is 0. The van der Waals surface area contributed by atoms with Crippen molar-refractivity contribution in [3.63, 3.8) is 0 Å². The van der Waals surface area contributed by atoms with Crippen LogP contribution >= 0.6 is 0 Å². The zero-order valence-electron chi connectivity index (χ0n) is 15.9. The highest BCUT2D eigenvalue weighted by atomic mass is 16.6. The molecule has 0 unspecified atom stereocenters. The molecular weight excluding hydrogens is 294 g/mol. The minimum Gasteiger partial charge on any atom is -0.461 e. The van der Waals surface area contributed by atoms with Crippen molar-refractivity contribution in [2.75, 3.05) is 0 Å². The summed E-state index contributed by atoms with van der Waals surface area (Å²) < 4.78 is 10.5. The smallest absolute Gasteiger partial charge is 0.408 e. The second-order valence-corrected chi connectivity index (χ2v) is 7.72. The first kappa shape index (κ1) is 21.7. The summed E-state index contributed by atoms with van der Waals surface area (Å²) in [4.78, 5) is 24.0. The van der Waals surface area contributed by atoms with E-state index in [-0.39, 0.29) is 6.10 Å². The van der Waals surface area contributed by atoms with Gasteiger partial charge in [-0.1, -0.05) is 39.5 Å². The molecule has 5 heteroatoms. The van der Waals surface area contributed by atoms with Gasteiger partial charge in [0.15, 0.2) is 0 Å². The minimum atomic E-state index is -0.647. The normalized spacial score (nSPS) is 13.1. The second-order valence-electron chi connectivity index (χ2n) is 7.72. The molecule has 0 spiro atoms. The topological polar surface area (TPSA) is 64.6 Å². The van der Waals surface area contributed by atoms with E-state index in [1.165, 1.54) is 6.42 Å².